The van der Waals surface area contributed by atoms with Crippen molar-refractivity contribution in [1.29, 1.82) is 0 Å². The molecule has 2 N–H and O–H groups in total. The number of hydrogen-bond acceptors (Lipinski definition) is 7. The van der Waals surface area contributed by atoms with E-state index in [0.29, 0.717) is 16.2 Å². The Morgan fingerprint density at radius 2 is 1.69 bits per heavy atom. The molecular formula is C26H31N7S2. The Morgan fingerprint density at radius 1 is 0.943 bits per heavy atom. The van der Waals surface area contributed by atoms with Gasteiger partial charge in [0.1, 0.15) is 10.8 Å². The molecule has 2 aromatic heterocycles. The minimum Gasteiger partial charge on any atom is -0.361 e. The molecule has 0 bridgehead atoms. The standard InChI is InChI=1S/C26H31N7S2/c34-24(29-19-26(12-5-6-13-26)20-10-3-1-4-11-20)32-23-30-21(33-16-7-2-8-17-33)18-22(31-23)35-25-27-14-9-15-28-25/h1,3-4,9-11,14-15,18H,2,5-8,12-13,16-17,19H2,(H2,29,30,31,32,34). The fourth-order valence-corrected chi connectivity index (χ4v) is 5.92. The quantitative estimate of drug-likeness (QED) is 0.256. The van der Waals surface area contributed by atoms with Gasteiger partial charge in [0.15, 0.2) is 10.3 Å². The third kappa shape index (κ3) is 6.08. The first-order valence-corrected chi connectivity index (χ1v) is 13.6. The lowest BCUT2D eigenvalue weighted by Gasteiger charge is -2.30. The van der Waals surface area contributed by atoms with Gasteiger partial charge in [-0.1, -0.05) is 43.2 Å². The smallest absolute Gasteiger partial charge is 0.232 e. The van der Waals surface area contributed by atoms with E-state index in [-0.39, 0.29) is 5.41 Å². The maximum atomic E-state index is 5.70. The summed E-state index contributed by atoms with van der Waals surface area (Å²) in [6, 6.07) is 14.6. The molecule has 0 atom stereocenters. The van der Waals surface area contributed by atoms with Crippen molar-refractivity contribution >= 4 is 40.9 Å². The van der Waals surface area contributed by atoms with Crippen LogP contribution in [0.15, 0.2) is 65.0 Å². The van der Waals surface area contributed by atoms with Gasteiger partial charge < -0.3 is 15.5 Å². The van der Waals surface area contributed by atoms with E-state index in [2.05, 4.69) is 55.8 Å². The molecule has 1 saturated heterocycles. The van der Waals surface area contributed by atoms with E-state index >= 15 is 0 Å². The summed E-state index contributed by atoms with van der Waals surface area (Å²) in [5, 5.41) is 8.74. The molecule has 35 heavy (non-hydrogen) atoms. The van der Waals surface area contributed by atoms with E-state index in [4.69, 9.17) is 22.2 Å². The minimum absolute atomic E-state index is 0.120. The Bertz CT molecular complexity index is 1120. The molecular weight excluding hydrogens is 474 g/mol. The fraction of sp³-hybridized carbons (Fsp3) is 0.423. The second-order valence-corrected chi connectivity index (χ2v) is 10.6. The average molecular weight is 506 g/mol. The van der Waals surface area contributed by atoms with Gasteiger partial charge in [-0.3, -0.25) is 0 Å². The Hall–Kier alpha value is -2.78. The maximum absolute atomic E-state index is 5.70. The van der Waals surface area contributed by atoms with Crippen LogP contribution in [-0.4, -0.2) is 44.7 Å². The van der Waals surface area contributed by atoms with E-state index in [1.807, 2.05) is 12.1 Å². The molecule has 182 valence electrons. The van der Waals surface area contributed by atoms with Crippen molar-refractivity contribution < 1.29 is 0 Å². The highest BCUT2D eigenvalue weighted by Crippen LogP contribution is 2.40. The first-order valence-electron chi connectivity index (χ1n) is 12.4. The van der Waals surface area contributed by atoms with E-state index in [1.165, 1.54) is 62.3 Å². The van der Waals surface area contributed by atoms with Gasteiger partial charge in [-0.05, 0) is 67.7 Å². The molecule has 0 spiro atoms. The molecule has 0 amide bonds. The Balaban J connectivity index is 1.31. The summed E-state index contributed by atoms with van der Waals surface area (Å²) in [6.45, 7) is 2.81. The van der Waals surface area contributed by atoms with Gasteiger partial charge >= 0.3 is 0 Å². The van der Waals surface area contributed by atoms with Gasteiger partial charge in [0, 0.05) is 43.5 Å². The number of nitrogens with zero attached hydrogens (tertiary/aromatic N) is 5. The van der Waals surface area contributed by atoms with Crippen LogP contribution >= 0.6 is 24.0 Å². The number of rotatable bonds is 7. The van der Waals surface area contributed by atoms with Crippen LogP contribution in [0.25, 0.3) is 0 Å². The van der Waals surface area contributed by atoms with Crippen molar-refractivity contribution in [2.75, 3.05) is 29.9 Å². The van der Waals surface area contributed by atoms with Crippen molar-refractivity contribution in [2.24, 2.45) is 0 Å². The molecule has 0 unspecified atom stereocenters. The summed E-state index contributed by atoms with van der Waals surface area (Å²) < 4.78 is 0. The molecule has 1 aromatic carbocycles. The lowest BCUT2D eigenvalue weighted by atomic mass is 9.79. The molecule has 1 aliphatic heterocycles. The predicted octanol–water partition coefficient (Wildman–Crippen LogP) is 5.21. The number of nitrogens with one attached hydrogen (secondary N) is 2. The van der Waals surface area contributed by atoms with Gasteiger partial charge in [0.25, 0.3) is 0 Å². The highest BCUT2D eigenvalue weighted by molar-refractivity contribution is 7.99. The minimum atomic E-state index is 0.120. The van der Waals surface area contributed by atoms with Crippen molar-refractivity contribution in [3.05, 3.63) is 60.4 Å². The SMILES string of the molecule is S=C(NCC1(c2ccccc2)CCCC1)Nc1nc(Sc2ncccn2)cc(N2CCCCC2)n1. The Labute approximate surface area is 216 Å². The number of hydrogen-bond donors (Lipinski definition) is 2. The van der Waals surface area contributed by atoms with Gasteiger partial charge in [0.05, 0.1) is 0 Å². The largest absolute Gasteiger partial charge is 0.361 e. The number of thiocarbonyl (C=S) groups is 1. The van der Waals surface area contributed by atoms with Crippen molar-refractivity contribution in [3.8, 4) is 0 Å². The summed E-state index contributed by atoms with van der Waals surface area (Å²) in [5.41, 5.74) is 1.51. The second kappa shape index (κ2) is 11.3. The molecule has 2 fully saturated rings. The number of anilines is 2. The van der Waals surface area contributed by atoms with Crippen LogP contribution in [-0.2, 0) is 5.41 Å². The second-order valence-electron chi connectivity index (χ2n) is 9.23. The van der Waals surface area contributed by atoms with Gasteiger partial charge in [-0.15, -0.1) is 0 Å². The third-order valence-electron chi connectivity index (χ3n) is 6.87. The monoisotopic (exact) mass is 505 g/mol. The van der Waals surface area contributed by atoms with Crippen LogP contribution in [0.1, 0.15) is 50.5 Å². The zero-order valence-corrected chi connectivity index (χ0v) is 21.5. The van der Waals surface area contributed by atoms with Crippen molar-refractivity contribution in [1.82, 2.24) is 25.3 Å². The summed E-state index contributed by atoms with van der Waals surface area (Å²) >= 11 is 7.13. The summed E-state index contributed by atoms with van der Waals surface area (Å²) in [5.74, 6) is 1.42. The van der Waals surface area contributed by atoms with Gasteiger partial charge in [-0.2, -0.15) is 4.98 Å². The molecule has 9 heteroatoms. The van der Waals surface area contributed by atoms with E-state index in [0.717, 1.165) is 30.5 Å². The zero-order valence-electron chi connectivity index (χ0n) is 19.8. The molecule has 5 rings (SSSR count). The van der Waals surface area contributed by atoms with Crippen LogP contribution in [0.5, 0.6) is 0 Å². The maximum Gasteiger partial charge on any atom is 0.232 e. The molecule has 2 aliphatic rings. The van der Waals surface area contributed by atoms with Crippen LogP contribution in [0.4, 0.5) is 11.8 Å². The van der Waals surface area contributed by atoms with Crippen LogP contribution in [0.3, 0.4) is 0 Å². The summed E-state index contributed by atoms with van der Waals surface area (Å²) in [6.07, 6.45) is 12.0. The number of benzene rings is 1. The van der Waals surface area contributed by atoms with Crippen LogP contribution < -0.4 is 15.5 Å². The summed E-state index contributed by atoms with van der Waals surface area (Å²) in [7, 11) is 0. The number of aromatic nitrogens is 4. The predicted molar refractivity (Wildman–Crippen MR) is 145 cm³/mol. The number of piperidine rings is 1. The molecule has 3 aromatic rings. The highest BCUT2D eigenvalue weighted by Gasteiger charge is 2.35. The normalized spacial score (nSPS) is 17.2. The molecule has 3 heterocycles. The van der Waals surface area contributed by atoms with Gasteiger partial charge in [0.2, 0.25) is 5.95 Å². The van der Waals surface area contributed by atoms with E-state index in [1.54, 1.807) is 12.4 Å². The lowest BCUT2D eigenvalue weighted by Crippen LogP contribution is -2.41. The van der Waals surface area contributed by atoms with Crippen molar-refractivity contribution in [2.45, 2.75) is 60.5 Å². The van der Waals surface area contributed by atoms with Crippen molar-refractivity contribution in [3.63, 3.8) is 0 Å². The summed E-state index contributed by atoms with van der Waals surface area (Å²) in [4.78, 5) is 20.5. The Morgan fingerprint density at radius 3 is 2.43 bits per heavy atom. The Kier molecular flexibility index (Phi) is 7.73. The molecule has 0 radical (unpaired) electrons. The van der Waals surface area contributed by atoms with E-state index < -0.39 is 0 Å². The van der Waals surface area contributed by atoms with E-state index in [9.17, 15) is 0 Å². The average Bonchev–Trinajstić information content (AvgIpc) is 3.39. The highest BCUT2D eigenvalue weighted by atomic mass is 32.2. The first-order chi connectivity index (χ1) is 17.2. The fourth-order valence-electron chi connectivity index (χ4n) is 5.04. The third-order valence-corrected chi connectivity index (χ3v) is 7.92. The van der Waals surface area contributed by atoms with Crippen LogP contribution in [0.2, 0.25) is 0 Å². The van der Waals surface area contributed by atoms with Gasteiger partial charge in [-0.25, -0.2) is 15.0 Å². The molecule has 1 saturated carbocycles. The topological polar surface area (TPSA) is 78.9 Å². The zero-order chi connectivity index (χ0) is 23.9. The molecule has 7 nitrogen and oxygen atoms in total. The first kappa shape index (κ1) is 23.9. The lowest BCUT2D eigenvalue weighted by molar-refractivity contribution is 0.435. The molecule has 1 aliphatic carbocycles. The van der Waals surface area contributed by atoms with Crippen LogP contribution in [0, 0.1) is 0 Å².